The molecule has 22 heavy (non-hydrogen) atoms. The topological polar surface area (TPSA) is 9.23 Å². The predicted molar refractivity (Wildman–Crippen MR) is 76.0 cm³/mol. The molecule has 0 heterocycles. The number of ether oxygens (including phenoxy) is 1. The van der Waals surface area contributed by atoms with E-state index in [9.17, 15) is 17.6 Å². The van der Waals surface area contributed by atoms with E-state index in [1.807, 2.05) is 0 Å². The highest BCUT2D eigenvalue weighted by Gasteiger charge is 2.43. The minimum absolute atomic E-state index is 0.303. The second kappa shape index (κ2) is 7.04. The van der Waals surface area contributed by atoms with E-state index >= 15 is 0 Å². The van der Waals surface area contributed by atoms with E-state index in [4.69, 9.17) is 0 Å². The Balaban J connectivity index is 1.95. The molecule has 0 aliphatic heterocycles. The van der Waals surface area contributed by atoms with Gasteiger partial charge < -0.3 is 4.74 Å². The minimum Gasteiger partial charge on any atom is -0.428 e. The first-order chi connectivity index (χ1) is 10.4. The standard InChI is InChI=1S/C17H18F4O/c1-12-2-4-13(5-3-12)6-7-14-8-10-15(11-9-14)22-17(20,21)16(18)19/h8-13,16H,2-5H2,1H3/t12-,13-. The van der Waals surface area contributed by atoms with Crippen LogP contribution < -0.4 is 4.74 Å². The molecule has 0 spiro atoms. The van der Waals surface area contributed by atoms with Crippen LogP contribution in [0.25, 0.3) is 0 Å². The first-order valence-electron chi connectivity index (χ1n) is 7.33. The van der Waals surface area contributed by atoms with E-state index in [1.165, 1.54) is 37.1 Å². The summed E-state index contributed by atoms with van der Waals surface area (Å²) in [7, 11) is 0. The summed E-state index contributed by atoms with van der Waals surface area (Å²) in [5, 5.41) is 0. The van der Waals surface area contributed by atoms with Crippen molar-refractivity contribution in [3.8, 4) is 17.6 Å². The summed E-state index contributed by atoms with van der Waals surface area (Å²) < 4.78 is 53.6. The third kappa shape index (κ3) is 4.66. The fraction of sp³-hybridized carbons (Fsp3) is 0.529. The first-order valence-corrected chi connectivity index (χ1v) is 7.33. The lowest BCUT2D eigenvalue weighted by Crippen LogP contribution is -2.33. The monoisotopic (exact) mass is 314 g/mol. The normalized spacial score (nSPS) is 22.1. The molecule has 0 aromatic heterocycles. The predicted octanol–water partition coefficient (Wildman–Crippen LogP) is 5.10. The molecule has 5 heteroatoms. The Bertz CT molecular complexity index is 534. The molecule has 1 aliphatic rings. The summed E-state index contributed by atoms with van der Waals surface area (Å²) in [4.78, 5) is 0. The average Bonchev–Trinajstić information content (AvgIpc) is 2.48. The van der Waals surface area contributed by atoms with Crippen molar-refractivity contribution in [2.45, 2.75) is 45.1 Å². The summed E-state index contributed by atoms with van der Waals surface area (Å²) in [5.41, 5.74) is 0.659. The van der Waals surface area contributed by atoms with Crippen molar-refractivity contribution in [2.24, 2.45) is 11.8 Å². The molecule has 0 saturated heterocycles. The Morgan fingerprint density at radius 1 is 1.09 bits per heavy atom. The molecule has 0 amide bonds. The van der Waals surface area contributed by atoms with Crippen LogP contribution in [0.5, 0.6) is 5.75 Å². The van der Waals surface area contributed by atoms with Gasteiger partial charge in [-0.25, -0.2) is 0 Å². The molecule has 2 rings (SSSR count). The van der Waals surface area contributed by atoms with Crippen molar-refractivity contribution in [3.63, 3.8) is 0 Å². The molecule has 1 aliphatic carbocycles. The molecule has 1 saturated carbocycles. The van der Waals surface area contributed by atoms with Gasteiger partial charge in [0.15, 0.2) is 0 Å². The van der Waals surface area contributed by atoms with Gasteiger partial charge in [0, 0.05) is 11.5 Å². The fourth-order valence-electron chi connectivity index (χ4n) is 2.40. The minimum atomic E-state index is -4.48. The number of hydrogen-bond acceptors (Lipinski definition) is 1. The Labute approximate surface area is 127 Å². The number of halogens is 4. The molecular weight excluding hydrogens is 296 g/mol. The summed E-state index contributed by atoms with van der Waals surface area (Å²) >= 11 is 0. The van der Waals surface area contributed by atoms with Gasteiger partial charge in [-0.2, -0.15) is 17.6 Å². The molecule has 1 aromatic rings. The largest absolute Gasteiger partial charge is 0.461 e. The van der Waals surface area contributed by atoms with Gasteiger partial charge in [-0.3, -0.25) is 0 Å². The highest BCUT2D eigenvalue weighted by atomic mass is 19.3. The molecule has 1 nitrogen and oxygen atoms in total. The van der Waals surface area contributed by atoms with E-state index in [0.717, 1.165) is 18.8 Å². The van der Waals surface area contributed by atoms with Crippen LogP contribution in [-0.2, 0) is 0 Å². The van der Waals surface area contributed by atoms with Crippen LogP contribution in [0.15, 0.2) is 24.3 Å². The molecule has 1 aromatic carbocycles. The second-order valence-electron chi connectivity index (χ2n) is 5.72. The molecule has 1 fully saturated rings. The van der Waals surface area contributed by atoms with Crippen molar-refractivity contribution in [2.75, 3.05) is 0 Å². The molecule has 0 bridgehead atoms. The van der Waals surface area contributed by atoms with Gasteiger partial charge in [0.1, 0.15) is 5.75 Å². The van der Waals surface area contributed by atoms with Crippen LogP contribution in [0.3, 0.4) is 0 Å². The SMILES string of the molecule is C[C@H]1CC[C@H](C#Cc2ccc(OC(F)(F)C(F)F)cc2)CC1. The third-order valence-electron chi connectivity index (χ3n) is 3.80. The zero-order valence-corrected chi connectivity index (χ0v) is 12.3. The quantitative estimate of drug-likeness (QED) is 0.557. The maximum Gasteiger partial charge on any atom is 0.461 e. The van der Waals surface area contributed by atoms with Crippen LogP contribution in [0, 0.1) is 23.7 Å². The van der Waals surface area contributed by atoms with Crippen LogP contribution >= 0.6 is 0 Å². The highest BCUT2D eigenvalue weighted by Crippen LogP contribution is 2.28. The summed E-state index contributed by atoms with van der Waals surface area (Å²) in [5.74, 6) is 7.01. The zero-order chi connectivity index (χ0) is 16.2. The lowest BCUT2D eigenvalue weighted by Gasteiger charge is -2.21. The summed E-state index contributed by atoms with van der Waals surface area (Å²) in [6.45, 7) is 2.23. The van der Waals surface area contributed by atoms with Gasteiger partial charge in [-0.15, -0.1) is 0 Å². The first kappa shape index (κ1) is 16.7. The van der Waals surface area contributed by atoms with Crippen LogP contribution in [0.1, 0.15) is 38.2 Å². The molecule has 0 radical (unpaired) electrons. The lowest BCUT2D eigenvalue weighted by molar-refractivity contribution is -0.253. The van der Waals surface area contributed by atoms with Gasteiger partial charge >= 0.3 is 12.5 Å². The summed E-state index contributed by atoms with van der Waals surface area (Å²) in [6.07, 6.45) is -3.83. The van der Waals surface area contributed by atoms with Gasteiger partial charge in [0.25, 0.3) is 0 Å². The van der Waals surface area contributed by atoms with E-state index in [0.29, 0.717) is 11.5 Å². The van der Waals surface area contributed by atoms with Crippen molar-refractivity contribution >= 4 is 0 Å². The van der Waals surface area contributed by atoms with Gasteiger partial charge in [0.2, 0.25) is 0 Å². The summed E-state index contributed by atoms with van der Waals surface area (Å²) in [6, 6.07) is 5.44. The number of hydrogen-bond donors (Lipinski definition) is 0. The Hall–Kier alpha value is -1.70. The maximum absolute atomic E-state index is 12.8. The molecule has 0 N–H and O–H groups in total. The highest BCUT2D eigenvalue weighted by molar-refractivity contribution is 5.38. The van der Waals surface area contributed by atoms with Crippen molar-refractivity contribution in [1.29, 1.82) is 0 Å². The molecule has 0 atom stereocenters. The van der Waals surface area contributed by atoms with E-state index in [1.54, 1.807) is 0 Å². The Morgan fingerprint density at radius 2 is 1.68 bits per heavy atom. The van der Waals surface area contributed by atoms with Gasteiger partial charge in [0.05, 0.1) is 0 Å². The van der Waals surface area contributed by atoms with Gasteiger partial charge in [-0.05, 0) is 55.9 Å². The number of benzene rings is 1. The molecule has 0 unspecified atom stereocenters. The smallest absolute Gasteiger partial charge is 0.428 e. The van der Waals surface area contributed by atoms with Crippen molar-refractivity contribution < 1.29 is 22.3 Å². The van der Waals surface area contributed by atoms with Crippen LogP contribution in [-0.4, -0.2) is 12.5 Å². The maximum atomic E-state index is 12.8. The number of rotatable bonds is 3. The fourth-order valence-corrected chi connectivity index (χ4v) is 2.40. The van der Waals surface area contributed by atoms with Crippen LogP contribution in [0.4, 0.5) is 17.6 Å². The van der Waals surface area contributed by atoms with Gasteiger partial charge in [-0.1, -0.05) is 18.8 Å². The second-order valence-corrected chi connectivity index (χ2v) is 5.72. The van der Waals surface area contributed by atoms with Crippen molar-refractivity contribution in [3.05, 3.63) is 29.8 Å². The van der Waals surface area contributed by atoms with E-state index in [2.05, 4.69) is 23.5 Å². The zero-order valence-electron chi connectivity index (χ0n) is 12.3. The number of alkyl halides is 4. The average molecular weight is 314 g/mol. The third-order valence-corrected chi connectivity index (χ3v) is 3.80. The van der Waals surface area contributed by atoms with Crippen LogP contribution in [0.2, 0.25) is 0 Å². The lowest BCUT2D eigenvalue weighted by atomic mass is 9.83. The molecule has 120 valence electrons. The van der Waals surface area contributed by atoms with E-state index in [-0.39, 0.29) is 5.75 Å². The molecular formula is C17H18F4O. The van der Waals surface area contributed by atoms with Crippen molar-refractivity contribution in [1.82, 2.24) is 0 Å². The Kier molecular flexibility index (Phi) is 5.33. The van der Waals surface area contributed by atoms with E-state index < -0.39 is 12.5 Å². The Morgan fingerprint density at radius 3 is 2.23 bits per heavy atom.